The van der Waals surface area contributed by atoms with Crippen LogP contribution in [0.5, 0.6) is 0 Å². The molecule has 0 fully saturated rings. The Labute approximate surface area is 42.2 Å². The van der Waals surface area contributed by atoms with Crippen LogP contribution in [-0.2, 0) is 0 Å². The topological polar surface area (TPSA) is 63.5 Å². The van der Waals surface area contributed by atoms with Crippen molar-refractivity contribution in [3.8, 4) is 0 Å². The average molecular weight is 105 g/mol. The van der Waals surface area contributed by atoms with Gasteiger partial charge in [0, 0.05) is 0 Å². The SMILES string of the molecule is [O-]CCCC(O)O. The fourth-order valence-electron chi connectivity index (χ4n) is 0.266. The van der Waals surface area contributed by atoms with Gasteiger partial charge in [-0.05, 0) is 6.42 Å². The molecule has 0 saturated heterocycles. The van der Waals surface area contributed by atoms with Crippen molar-refractivity contribution in [2.75, 3.05) is 6.61 Å². The van der Waals surface area contributed by atoms with E-state index in [9.17, 15) is 5.11 Å². The van der Waals surface area contributed by atoms with E-state index in [4.69, 9.17) is 10.2 Å². The van der Waals surface area contributed by atoms with Gasteiger partial charge in [0.25, 0.3) is 0 Å². The van der Waals surface area contributed by atoms with E-state index in [0.717, 1.165) is 0 Å². The molecule has 0 rings (SSSR count). The molecule has 0 aromatic heterocycles. The standard InChI is InChI=1S/C4H9O3/c5-3-1-2-4(6)7/h4,6-7H,1-3H2/q-1. The molecule has 44 valence electrons. The minimum absolute atomic E-state index is 0.198. The highest BCUT2D eigenvalue weighted by Gasteiger charge is 1.90. The lowest BCUT2D eigenvalue weighted by Crippen LogP contribution is -2.10. The normalized spacial score (nSPS) is 10.3. The van der Waals surface area contributed by atoms with Gasteiger partial charge in [-0.25, -0.2) is 0 Å². The van der Waals surface area contributed by atoms with Crippen LogP contribution in [0.2, 0.25) is 0 Å². The van der Waals surface area contributed by atoms with Gasteiger partial charge >= 0.3 is 0 Å². The Hall–Kier alpha value is -0.120. The van der Waals surface area contributed by atoms with Crippen molar-refractivity contribution in [2.24, 2.45) is 0 Å². The summed E-state index contributed by atoms with van der Waals surface area (Å²) in [5, 5.41) is 25.8. The van der Waals surface area contributed by atoms with E-state index in [1.165, 1.54) is 0 Å². The van der Waals surface area contributed by atoms with Crippen LogP contribution in [0.1, 0.15) is 12.8 Å². The molecule has 0 aromatic carbocycles. The molecule has 3 nitrogen and oxygen atoms in total. The minimum atomic E-state index is -1.30. The van der Waals surface area contributed by atoms with Crippen LogP contribution in [0.3, 0.4) is 0 Å². The predicted molar refractivity (Wildman–Crippen MR) is 22.3 cm³/mol. The smallest absolute Gasteiger partial charge is 0.151 e. The summed E-state index contributed by atoms with van der Waals surface area (Å²) >= 11 is 0. The molecule has 0 atom stereocenters. The molecular formula is C4H9O3-. The average Bonchev–Trinajstić information content (AvgIpc) is 1.61. The lowest BCUT2D eigenvalue weighted by atomic mass is 10.3. The van der Waals surface area contributed by atoms with Crippen molar-refractivity contribution >= 4 is 0 Å². The Morgan fingerprint density at radius 3 is 2.14 bits per heavy atom. The van der Waals surface area contributed by atoms with E-state index in [2.05, 4.69) is 0 Å². The third-order valence-corrected chi connectivity index (χ3v) is 0.607. The van der Waals surface area contributed by atoms with E-state index < -0.39 is 6.29 Å². The first kappa shape index (κ1) is 6.88. The monoisotopic (exact) mass is 105 g/mol. The Bertz CT molecular complexity index is 35.9. The summed E-state index contributed by atoms with van der Waals surface area (Å²) in [6.45, 7) is -0.225. The van der Waals surface area contributed by atoms with Gasteiger partial charge in [-0.1, -0.05) is 6.42 Å². The number of hydrogen-bond acceptors (Lipinski definition) is 3. The van der Waals surface area contributed by atoms with Gasteiger partial charge in [-0.3, -0.25) is 0 Å². The van der Waals surface area contributed by atoms with E-state index in [1.54, 1.807) is 0 Å². The molecule has 0 unspecified atom stereocenters. The van der Waals surface area contributed by atoms with Crippen molar-refractivity contribution in [3.05, 3.63) is 0 Å². The summed E-state index contributed by atoms with van der Waals surface area (Å²) in [5.41, 5.74) is 0. The zero-order chi connectivity index (χ0) is 5.70. The van der Waals surface area contributed by atoms with E-state index >= 15 is 0 Å². The van der Waals surface area contributed by atoms with Crippen LogP contribution in [-0.4, -0.2) is 23.1 Å². The predicted octanol–water partition coefficient (Wildman–Crippen LogP) is -1.56. The summed E-state index contributed by atoms with van der Waals surface area (Å²) in [6.07, 6.45) is -0.754. The van der Waals surface area contributed by atoms with Crippen molar-refractivity contribution in [2.45, 2.75) is 19.1 Å². The highest BCUT2D eigenvalue weighted by atomic mass is 16.5. The van der Waals surface area contributed by atoms with Crippen molar-refractivity contribution in [3.63, 3.8) is 0 Å². The summed E-state index contributed by atoms with van der Waals surface area (Å²) in [7, 11) is 0. The van der Waals surface area contributed by atoms with Gasteiger partial charge in [0.2, 0.25) is 0 Å². The molecule has 3 heteroatoms. The Kier molecular flexibility index (Phi) is 3.98. The molecule has 0 aliphatic carbocycles. The summed E-state index contributed by atoms with van der Waals surface area (Å²) < 4.78 is 0. The van der Waals surface area contributed by atoms with E-state index in [1.807, 2.05) is 0 Å². The molecule has 0 bridgehead atoms. The fraction of sp³-hybridized carbons (Fsp3) is 1.00. The second-order valence-electron chi connectivity index (χ2n) is 1.33. The first-order chi connectivity index (χ1) is 3.27. The van der Waals surface area contributed by atoms with Gasteiger partial charge < -0.3 is 15.3 Å². The van der Waals surface area contributed by atoms with E-state index in [0.29, 0.717) is 6.42 Å². The van der Waals surface area contributed by atoms with E-state index in [-0.39, 0.29) is 13.0 Å². The zero-order valence-electron chi connectivity index (χ0n) is 4.00. The largest absolute Gasteiger partial charge is 0.854 e. The Morgan fingerprint density at radius 2 is 2.00 bits per heavy atom. The fourth-order valence-corrected chi connectivity index (χ4v) is 0.266. The van der Waals surface area contributed by atoms with Gasteiger partial charge in [-0.15, -0.1) is 6.61 Å². The first-order valence-electron chi connectivity index (χ1n) is 2.21. The summed E-state index contributed by atoms with van der Waals surface area (Å²) in [4.78, 5) is 0. The van der Waals surface area contributed by atoms with Crippen molar-refractivity contribution in [1.29, 1.82) is 0 Å². The molecule has 0 saturated carbocycles. The Morgan fingerprint density at radius 1 is 1.43 bits per heavy atom. The molecular weight excluding hydrogens is 96.0 g/mol. The van der Waals surface area contributed by atoms with Crippen LogP contribution >= 0.6 is 0 Å². The minimum Gasteiger partial charge on any atom is -0.854 e. The summed E-state index contributed by atoms with van der Waals surface area (Å²) in [5.74, 6) is 0. The van der Waals surface area contributed by atoms with Gasteiger partial charge in [0.15, 0.2) is 6.29 Å². The Balaban J connectivity index is 2.68. The maximum atomic E-state index is 9.61. The molecule has 0 aromatic rings. The van der Waals surface area contributed by atoms with Crippen LogP contribution in [0, 0.1) is 0 Å². The molecule has 0 aliphatic heterocycles. The second-order valence-corrected chi connectivity index (χ2v) is 1.33. The number of rotatable bonds is 3. The molecule has 0 amide bonds. The third-order valence-electron chi connectivity index (χ3n) is 0.607. The molecule has 0 radical (unpaired) electrons. The van der Waals surface area contributed by atoms with Crippen molar-refractivity contribution < 1.29 is 15.3 Å². The number of hydrogen-bond donors (Lipinski definition) is 2. The highest BCUT2D eigenvalue weighted by molar-refractivity contribution is 4.35. The number of aliphatic hydroxyl groups excluding tert-OH is 1. The number of aliphatic hydroxyl groups is 2. The molecule has 0 spiro atoms. The zero-order valence-corrected chi connectivity index (χ0v) is 4.00. The lowest BCUT2D eigenvalue weighted by molar-refractivity contribution is -0.369. The van der Waals surface area contributed by atoms with Crippen molar-refractivity contribution in [1.82, 2.24) is 0 Å². The molecule has 2 N–H and O–H groups in total. The quantitative estimate of drug-likeness (QED) is 0.426. The molecule has 0 heterocycles. The molecule has 7 heavy (non-hydrogen) atoms. The second kappa shape index (κ2) is 4.05. The van der Waals surface area contributed by atoms with Crippen LogP contribution in [0.25, 0.3) is 0 Å². The van der Waals surface area contributed by atoms with Gasteiger partial charge in [-0.2, -0.15) is 0 Å². The summed E-state index contributed by atoms with van der Waals surface area (Å²) in [6, 6.07) is 0. The lowest BCUT2D eigenvalue weighted by Gasteiger charge is -2.03. The maximum absolute atomic E-state index is 9.61. The van der Waals surface area contributed by atoms with Crippen LogP contribution < -0.4 is 5.11 Å². The molecule has 0 aliphatic rings. The highest BCUT2D eigenvalue weighted by Crippen LogP contribution is 1.88. The van der Waals surface area contributed by atoms with Crippen LogP contribution in [0.4, 0.5) is 0 Å². The van der Waals surface area contributed by atoms with Gasteiger partial charge in [0.1, 0.15) is 0 Å². The van der Waals surface area contributed by atoms with Gasteiger partial charge in [0.05, 0.1) is 0 Å². The third kappa shape index (κ3) is 5.88. The first-order valence-corrected chi connectivity index (χ1v) is 2.21. The van der Waals surface area contributed by atoms with Crippen LogP contribution in [0.15, 0.2) is 0 Å². The maximum Gasteiger partial charge on any atom is 0.151 e.